The number of ketones is 2. The van der Waals surface area contributed by atoms with Crippen LogP contribution < -0.4 is 11.5 Å². The van der Waals surface area contributed by atoms with E-state index in [0.717, 1.165) is 22.3 Å². The number of aliphatic imine (C=N–C) groups is 2. The highest BCUT2D eigenvalue weighted by molar-refractivity contribution is 6.39. The van der Waals surface area contributed by atoms with Gasteiger partial charge in [0.25, 0.3) is 0 Å². The van der Waals surface area contributed by atoms with Gasteiger partial charge < -0.3 is 15.9 Å². The number of Topliss-reactive ketones (excluding diaryl/α,β-unsaturated/α-hetero) is 2. The standard InChI is InChI=1S/C34H28N4O3/c35-33(29(39)21-23-7-3-1-4-8-23)37-27-15-11-25(12-16-27)31-19-20-32(41-31)26-13-17-28(18-14-26)38-34(36)30(40)22-24-9-5-2-6-10-24/h1-20H,21-22H2,(H2,35,37)(H2,36,38). The fourth-order valence-corrected chi connectivity index (χ4v) is 4.20. The molecule has 0 saturated carbocycles. The summed E-state index contributed by atoms with van der Waals surface area (Å²) < 4.78 is 6.08. The number of benzene rings is 4. The third-order valence-corrected chi connectivity index (χ3v) is 6.40. The van der Waals surface area contributed by atoms with Gasteiger partial charge in [0.15, 0.2) is 11.7 Å². The molecule has 0 saturated heterocycles. The highest BCUT2D eigenvalue weighted by Crippen LogP contribution is 2.30. The van der Waals surface area contributed by atoms with E-state index < -0.39 is 0 Å². The number of furan rings is 1. The van der Waals surface area contributed by atoms with Crippen molar-refractivity contribution in [3.63, 3.8) is 0 Å². The fourth-order valence-electron chi connectivity index (χ4n) is 4.20. The van der Waals surface area contributed by atoms with E-state index in [9.17, 15) is 9.59 Å². The van der Waals surface area contributed by atoms with E-state index in [-0.39, 0.29) is 36.1 Å². The minimum atomic E-state index is -0.228. The van der Waals surface area contributed by atoms with E-state index in [1.54, 1.807) is 24.3 Å². The Balaban J connectivity index is 1.22. The van der Waals surface area contributed by atoms with Crippen LogP contribution in [-0.4, -0.2) is 23.2 Å². The van der Waals surface area contributed by atoms with Crippen molar-refractivity contribution in [2.75, 3.05) is 0 Å². The van der Waals surface area contributed by atoms with Crippen LogP contribution in [0.2, 0.25) is 0 Å². The molecule has 1 aromatic heterocycles. The quantitative estimate of drug-likeness (QED) is 0.161. The Hall–Kier alpha value is -5.56. The third kappa shape index (κ3) is 7.10. The molecule has 0 atom stereocenters. The first-order valence-electron chi connectivity index (χ1n) is 13.1. The van der Waals surface area contributed by atoms with Gasteiger partial charge in [0.1, 0.15) is 11.5 Å². The SMILES string of the molecule is NC(=Nc1ccc(-c2ccc(-c3ccc(N=C(N)C(=O)Cc4ccccc4)cc3)o2)cc1)C(=O)Cc1ccccc1. The summed E-state index contributed by atoms with van der Waals surface area (Å²) in [5, 5.41) is 0. The predicted molar refractivity (Wildman–Crippen MR) is 162 cm³/mol. The number of hydrogen-bond acceptors (Lipinski definition) is 5. The van der Waals surface area contributed by atoms with Crippen LogP contribution in [0.3, 0.4) is 0 Å². The van der Waals surface area contributed by atoms with Crippen LogP contribution in [0.25, 0.3) is 22.6 Å². The van der Waals surface area contributed by atoms with Crippen molar-refractivity contribution in [3.05, 3.63) is 132 Å². The number of carbonyl (C=O) groups is 2. The lowest BCUT2D eigenvalue weighted by Gasteiger charge is -2.03. The second-order valence-electron chi connectivity index (χ2n) is 9.42. The van der Waals surface area contributed by atoms with Crippen LogP contribution in [0.4, 0.5) is 11.4 Å². The Kier molecular flexibility index (Phi) is 8.26. The molecule has 5 rings (SSSR count). The average Bonchev–Trinajstić information content (AvgIpc) is 3.49. The van der Waals surface area contributed by atoms with Crippen molar-refractivity contribution in [2.24, 2.45) is 21.5 Å². The topological polar surface area (TPSA) is 124 Å². The maximum Gasteiger partial charge on any atom is 0.201 e. The van der Waals surface area contributed by atoms with Gasteiger partial charge in [-0.25, -0.2) is 9.98 Å². The highest BCUT2D eigenvalue weighted by Gasteiger charge is 2.11. The van der Waals surface area contributed by atoms with Crippen molar-refractivity contribution in [2.45, 2.75) is 12.8 Å². The molecule has 4 aromatic carbocycles. The first-order chi connectivity index (χ1) is 19.9. The summed E-state index contributed by atoms with van der Waals surface area (Å²) in [6.45, 7) is 0. The molecule has 202 valence electrons. The minimum absolute atomic E-state index is 0.0306. The van der Waals surface area contributed by atoms with E-state index in [0.29, 0.717) is 22.9 Å². The van der Waals surface area contributed by atoms with Crippen LogP contribution in [0.1, 0.15) is 11.1 Å². The van der Waals surface area contributed by atoms with Crippen LogP contribution in [-0.2, 0) is 22.4 Å². The summed E-state index contributed by atoms with van der Waals surface area (Å²) in [6, 6.07) is 37.2. The first-order valence-corrected chi connectivity index (χ1v) is 13.1. The van der Waals surface area contributed by atoms with E-state index in [4.69, 9.17) is 15.9 Å². The summed E-state index contributed by atoms with van der Waals surface area (Å²) >= 11 is 0. The average molecular weight is 541 g/mol. The monoisotopic (exact) mass is 540 g/mol. The second kappa shape index (κ2) is 12.5. The Labute approximate surface area is 237 Å². The van der Waals surface area contributed by atoms with Gasteiger partial charge in [-0.05, 0) is 71.8 Å². The number of rotatable bonds is 10. The van der Waals surface area contributed by atoms with Crippen molar-refractivity contribution < 1.29 is 14.0 Å². The lowest BCUT2D eigenvalue weighted by molar-refractivity contribution is -0.113. The molecule has 0 bridgehead atoms. The van der Waals surface area contributed by atoms with E-state index in [1.807, 2.05) is 97.1 Å². The van der Waals surface area contributed by atoms with Gasteiger partial charge in [-0.3, -0.25) is 9.59 Å². The van der Waals surface area contributed by atoms with Crippen LogP contribution in [0, 0.1) is 0 Å². The molecule has 0 spiro atoms. The first kappa shape index (κ1) is 27.0. The summed E-state index contributed by atoms with van der Waals surface area (Å²) in [6.07, 6.45) is 0.410. The molecule has 0 aliphatic heterocycles. The molecule has 7 heteroatoms. The molecular weight excluding hydrogens is 512 g/mol. The molecule has 1 heterocycles. The number of nitrogens with two attached hydrogens (primary N) is 2. The lowest BCUT2D eigenvalue weighted by Crippen LogP contribution is -2.25. The Morgan fingerprint density at radius 2 is 0.878 bits per heavy atom. The molecule has 4 N–H and O–H groups in total. The second-order valence-corrected chi connectivity index (χ2v) is 9.42. The highest BCUT2D eigenvalue weighted by atomic mass is 16.3. The lowest BCUT2D eigenvalue weighted by atomic mass is 10.1. The normalized spacial score (nSPS) is 11.8. The van der Waals surface area contributed by atoms with Crippen LogP contribution in [0.15, 0.2) is 136 Å². The molecule has 0 aliphatic carbocycles. The molecule has 41 heavy (non-hydrogen) atoms. The molecule has 0 fully saturated rings. The molecule has 0 aliphatic rings. The van der Waals surface area contributed by atoms with Crippen molar-refractivity contribution in [3.8, 4) is 22.6 Å². The predicted octanol–water partition coefficient (Wildman–Crippen LogP) is 6.21. The molecule has 0 radical (unpaired) electrons. The van der Waals surface area contributed by atoms with Crippen molar-refractivity contribution >= 4 is 34.6 Å². The van der Waals surface area contributed by atoms with Gasteiger partial charge in [0.2, 0.25) is 11.6 Å². The summed E-state index contributed by atoms with van der Waals surface area (Å²) in [7, 11) is 0. The molecule has 7 nitrogen and oxygen atoms in total. The van der Waals surface area contributed by atoms with E-state index in [2.05, 4.69) is 9.98 Å². The van der Waals surface area contributed by atoms with Crippen molar-refractivity contribution in [1.29, 1.82) is 0 Å². The van der Waals surface area contributed by atoms with Gasteiger partial charge in [0.05, 0.1) is 11.4 Å². The number of amidine groups is 2. The minimum Gasteiger partial charge on any atom is -0.456 e. The fraction of sp³-hybridized carbons (Fsp3) is 0.0588. The van der Waals surface area contributed by atoms with E-state index >= 15 is 0 Å². The third-order valence-electron chi connectivity index (χ3n) is 6.40. The van der Waals surface area contributed by atoms with Gasteiger partial charge in [-0.15, -0.1) is 0 Å². The smallest absolute Gasteiger partial charge is 0.201 e. The van der Waals surface area contributed by atoms with Gasteiger partial charge >= 0.3 is 0 Å². The zero-order valence-electron chi connectivity index (χ0n) is 22.2. The zero-order valence-corrected chi connectivity index (χ0v) is 22.2. The van der Waals surface area contributed by atoms with Crippen LogP contribution >= 0.6 is 0 Å². The Bertz CT molecular complexity index is 1580. The number of hydrogen-bond donors (Lipinski definition) is 2. The van der Waals surface area contributed by atoms with Crippen molar-refractivity contribution in [1.82, 2.24) is 0 Å². The maximum atomic E-state index is 12.4. The maximum absolute atomic E-state index is 12.4. The Morgan fingerprint density at radius 1 is 0.512 bits per heavy atom. The molecular formula is C34H28N4O3. The largest absolute Gasteiger partial charge is 0.456 e. The Morgan fingerprint density at radius 3 is 1.24 bits per heavy atom. The van der Waals surface area contributed by atoms with Gasteiger partial charge in [-0.1, -0.05) is 60.7 Å². The summed E-state index contributed by atoms with van der Waals surface area (Å²) in [5.41, 5.74) is 16.5. The van der Waals surface area contributed by atoms with Crippen LogP contribution in [0.5, 0.6) is 0 Å². The molecule has 0 unspecified atom stereocenters. The molecule has 0 amide bonds. The number of carbonyl (C=O) groups excluding carboxylic acids is 2. The summed E-state index contributed by atoms with van der Waals surface area (Å²) in [5.74, 6) is 0.847. The number of nitrogens with zero attached hydrogens (tertiary/aromatic N) is 2. The van der Waals surface area contributed by atoms with Gasteiger partial charge in [-0.2, -0.15) is 0 Å². The molecule has 5 aromatic rings. The summed E-state index contributed by atoms with van der Waals surface area (Å²) in [4.78, 5) is 33.4. The van der Waals surface area contributed by atoms with E-state index in [1.165, 1.54) is 0 Å². The zero-order chi connectivity index (χ0) is 28.6. The van der Waals surface area contributed by atoms with Gasteiger partial charge in [0, 0.05) is 24.0 Å².